The number of hydrogen-bond acceptors (Lipinski definition) is 6. The summed E-state index contributed by atoms with van der Waals surface area (Å²) >= 11 is 0. The molecule has 2 saturated carbocycles. The molecule has 0 aliphatic heterocycles. The van der Waals surface area contributed by atoms with Gasteiger partial charge in [0.25, 0.3) is 12.3 Å². The second kappa shape index (κ2) is 11.4. The Hall–Kier alpha value is -3.67. The van der Waals surface area contributed by atoms with Crippen molar-refractivity contribution in [1.29, 1.82) is 0 Å². The highest BCUT2D eigenvalue weighted by Gasteiger charge is 2.34. The largest absolute Gasteiger partial charge is 0.493 e. The lowest BCUT2D eigenvalue weighted by Crippen LogP contribution is -2.51. The fourth-order valence-electron chi connectivity index (χ4n) is 5.06. The number of carbonyl (C=O) groups excluding carboxylic acids is 2. The van der Waals surface area contributed by atoms with Crippen LogP contribution >= 0.6 is 0 Å². The summed E-state index contributed by atoms with van der Waals surface area (Å²) in [5, 5.41) is 14.8. The van der Waals surface area contributed by atoms with Crippen LogP contribution in [0.5, 0.6) is 5.75 Å². The van der Waals surface area contributed by atoms with E-state index in [1.54, 1.807) is 6.92 Å². The maximum atomic E-state index is 15.0. The number of nitrogens with zero attached hydrogens (tertiary/aromatic N) is 2. The first-order valence-corrected chi connectivity index (χ1v) is 13.4. The molecule has 214 valence electrons. The number of benzene rings is 1. The minimum absolute atomic E-state index is 0.00665. The summed E-state index contributed by atoms with van der Waals surface area (Å²) in [6.45, 7) is 3.49. The predicted molar refractivity (Wildman–Crippen MR) is 141 cm³/mol. The molecule has 3 unspecified atom stereocenters. The number of rotatable bonds is 9. The molecular formula is C28H32F3N5O4. The second-order valence-electron chi connectivity index (χ2n) is 10.7. The van der Waals surface area contributed by atoms with Crippen molar-refractivity contribution in [2.24, 2.45) is 5.92 Å². The van der Waals surface area contributed by atoms with Crippen LogP contribution in [0, 0.1) is 12.8 Å². The van der Waals surface area contributed by atoms with E-state index < -0.39 is 42.6 Å². The number of hydrogen-bond donors (Lipinski definition) is 4. The quantitative estimate of drug-likeness (QED) is 0.312. The fourth-order valence-corrected chi connectivity index (χ4v) is 5.06. The van der Waals surface area contributed by atoms with Gasteiger partial charge in [-0.2, -0.15) is 0 Å². The maximum Gasteiger partial charge on any atom is 0.263 e. The average molecular weight is 560 g/mol. The van der Waals surface area contributed by atoms with Gasteiger partial charge in [-0.3, -0.25) is 9.59 Å². The SMILES string of the molecule is Cc1[nH]c2c(-c3cc(C(F)F)ccc3OCC3CC3)ncnc2c1C(=O)NC1CCC(NC(=O)[C@H](C)O)CC1F. The molecule has 2 fully saturated rings. The van der Waals surface area contributed by atoms with Gasteiger partial charge in [-0.25, -0.2) is 23.1 Å². The zero-order chi connectivity index (χ0) is 28.6. The molecule has 2 aromatic heterocycles. The number of aliphatic hydroxyl groups is 1. The Labute approximate surface area is 228 Å². The number of H-pyrrole nitrogens is 1. The number of nitrogens with one attached hydrogen (secondary N) is 3. The van der Waals surface area contributed by atoms with E-state index >= 15 is 0 Å². The average Bonchev–Trinajstić information content (AvgIpc) is 3.68. The molecule has 2 aliphatic rings. The van der Waals surface area contributed by atoms with Crippen LogP contribution in [0.4, 0.5) is 13.2 Å². The Morgan fingerprint density at radius 3 is 2.62 bits per heavy atom. The Morgan fingerprint density at radius 2 is 1.95 bits per heavy atom. The summed E-state index contributed by atoms with van der Waals surface area (Å²) < 4.78 is 48.1. The zero-order valence-corrected chi connectivity index (χ0v) is 22.2. The highest BCUT2D eigenvalue weighted by atomic mass is 19.3. The van der Waals surface area contributed by atoms with Gasteiger partial charge in [0.1, 0.15) is 35.6 Å². The minimum atomic E-state index is -2.69. The van der Waals surface area contributed by atoms with Crippen molar-refractivity contribution in [3.05, 3.63) is 41.3 Å². The third-order valence-corrected chi connectivity index (χ3v) is 7.50. The second-order valence-corrected chi connectivity index (χ2v) is 10.7. The smallest absolute Gasteiger partial charge is 0.263 e. The van der Waals surface area contributed by atoms with E-state index in [2.05, 4.69) is 25.6 Å². The van der Waals surface area contributed by atoms with E-state index in [1.165, 1.54) is 31.5 Å². The number of aromatic amines is 1. The lowest BCUT2D eigenvalue weighted by Gasteiger charge is -2.32. The molecule has 0 radical (unpaired) electrons. The molecule has 12 heteroatoms. The summed E-state index contributed by atoms with van der Waals surface area (Å²) in [6, 6.07) is 2.97. The van der Waals surface area contributed by atoms with Crippen molar-refractivity contribution in [1.82, 2.24) is 25.6 Å². The van der Waals surface area contributed by atoms with Gasteiger partial charge in [0.2, 0.25) is 5.91 Å². The van der Waals surface area contributed by atoms with Crippen LogP contribution in [-0.2, 0) is 4.79 Å². The molecule has 1 aromatic carbocycles. The first-order valence-electron chi connectivity index (χ1n) is 13.4. The predicted octanol–water partition coefficient (Wildman–Crippen LogP) is 4.15. The van der Waals surface area contributed by atoms with Crippen LogP contribution in [0.15, 0.2) is 24.5 Å². The van der Waals surface area contributed by atoms with E-state index in [-0.39, 0.29) is 23.1 Å². The number of aryl methyl sites for hydroxylation is 1. The summed E-state index contributed by atoms with van der Waals surface area (Å²) in [6.07, 6.45) is -1.16. The number of halogens is 3. The molecule has 0 bridgehead atoms. The van der Waals surface area contributed by atoms with Gasteiger partial charge >= 0.3 is 0 Å². The van der Waals surface area contributed by atoms with Crippen molar-refractivity contribution in [3.63, 3.8) is 0 Å². The topological polar surface area (TPSA) is 129 Å². The molecule has 40 heavy (non-hydrogen) atoms. The Morgan fingerprint density at radius 1 is 1.18 bits per heavy atom. The Kier molecular flexibility index (Phi) is 7.97. The van der Waals surface area contributed by atoms with Crippen LogP contribution in [0.3, 0.4) is 0 Å². The number of ether oxygens (including phenoxy) is 1. The molecule has 2 heterocycles. The number of amides is 2. The van der Waals surface area contributed by atoms with Crippen molar-refractivity contribution in [2.75, 3.05) is 6.61 Å². The zero-order valence-electron chi connectivity index (χ0n) is 22.2. The van der Waals surface area contributed by atoms with Gasteiger partial charge in [-0.05, 0) is 63.6 Å². The highest BCUT2D eigenvalue weighted by molar-refractivity contribution is 6.09. The van der Waals surface area contributed by atoms with Crippen molar-refractivity contribution in [2.45, 2.75) is 76.7 Å². The summed E-state index contributed by atoms with van der Waals surface area (Å²) in [7, 11) is 0. The highest BCUT2D eigenvalue weighted by Crippen LogP contribution is 2.38. The molecule has 0 spiro atoms. The third-order valence-electron chi connectivity index (χ3n) is 7.50. The summed E-state index contributed by atoms with van der Waals surface area (Å²) in [5.41, 5.74) is 1.83. The molecule has 5 rings (SSSR count). The molecule has 0 saturated heterocycles. The molecule has 4 atom stereocenters. The van der Waals surface area contributed by atoms with Crippen LogP contribution in [-0.4, -0.2) is 62.8 Å². The van der Waals surface area contributed by atoms with Crippen LogP contribution in [0.1, 0.15) is 67.1 Å². The molecule has 2 aliphatic carbocycles. The molecule has 4 N–H and O–H groups in total. The number of alkyl halides is 3. The van der Waals surface area contributed by atoms with Gasteiger partial charge in [0, 0.05) is 29.3 Å². The Balaban J connectivity index is 1.40. The monoisotopic (exact) mass is 559 g/mol. The maximum absolute atomic E-state index is 15.0. The fraction of sp³-hybridized carbons (Fsp3) is 0.500. The van der Waals surface area contributed by atoms with Gasteiger partial charge in [-0.15, -0.1) is 0 Å². The number of aliphatic hydroxyl groups excluding tert-OH is 1. The van der Waals surface area contributed by atoms with Crippen molar-refractivity contribution in [3.8, 4) is 17.0 Å². The first kappa shape index (κ1) is 27.9. The van der Waals surface area contributed by atoms with Gasteiger partial charge in [-0.1, -0.05) is 0 Å². The van der Waals surface area contributed by atoms with Gasteiger partial charge in [0.05, 0.1) is 23.7 Å². The lowest BCUT2D eigenvalue weighted by atomic mass is 9.89. The summed E-state index contributed by atoms with van der Waals surface area (Å²) in [4.78, 5) is 36.9. The van der Waals surface area contributed by atoms with Crippen LogP contribution < -0.4 is 15.4 Å². The first-order chi connectivity index (χ1) is 19.1. The molecule has 3 aromatic rings. The van der Waals surface area contributed by atoms with Gasteiger partial charge < -0.3 is 25.5 Å². The van der Waals surface area contributed by atoms with E-state index in [9.17, 15) is 27.9 Å². The van der Waals surface area contributed by atoms with Crippen molar-refractivity contribution >= 4 is 22.8 Å². The molecule has 9 nitrogen and oxygen atoms in total. The van der Waals surface area contributed by atoms with E-state index in [1.807, 2.05) is 0 Å². The standard InChI is InChI=1S/C28H32F3N5O4/c1-13-22(28(39)36-20-7-6-17(10-19(20)29)35-27(38)14(2)37)24-25(34-13)23(32-12-33-24)18-9-16(26(30)31)5-8-21(18)40-11-15-3-4-15/h5,8-9,12,14-15,17,19-20,26,34,37H,3-4,6-7,10-11H2,1-2H3,(H,35,38)(H,36,39)/t14-,17?,19?,20?/m0/s1. The third kappa shape index (κ3) is 5.91. The normalized spacial score (nSPS) is 21.8. The molecular weight excluding hydrogens is 527 g/mol. The van der Waals surface area contributed by atoms with Crippen LogP contribution in [0.25, 0.3) is 22.3 Å². The van der Waals surface area contributed by atoms with E-state index in [0.29, 0.717) is 53.6 Å². The van der Waals surface area contributed by atoms with Crippen LogP contribution in [0.2, 0.25) is 0 Å². The molecule has 2 amide bonds. The minimum Gasteiger partial charge on any atom is -0.493 e. The van der Waals surface area contributed by atoms with E-state index in [0.717, 1.165) is 12.8 Å². The van der Waals surface area contributed by atoms with E-state index in [4.69, 9.17) is 4.74 Å². The number of fused-ring (bicyclic) bond motifs is 1. The number of aromatic nitrogens is 3. The van der Waals surface area contributed by atoms with Crippen molar-refractivity contribution < 1.29 is 32.6 Å². The Bertz CT molecular complexity index is 1410. The summed E-state index contributed by atoms with van der Waals surface area (Å²) in [5.74, 6) is -0.238. The number of carbonyl (C=O) groups is 2. The van der Waals surface area contributed by atoms with Gasteiger partial charge in [0.15, 0.2) is 0 Å². The lowest BCUT2D eigenvalue weighted by molar-refractivity contribution is -0.129.